The van der Waals surface area contributed by atoms with Crippen LogP contribution in [0.5, 0.6) is 0 Å². The lowest BCUT2D eigenvalue weighted by atomic mass is 9.92. The van der Waals surface area contributed by atoms with Gasteiger partial charge in [-0.05, 0) is 19.4 Å². The first-order chi connectivity index (χ1) is 11.8. The van der Waals surface area contributed by atoms with E-state index in [1.54, 1.807) is 51.2 Å². The molecule has 2 aromatic rings. The van der Waals surface area contributed by atoms with Crippen LogP contribution in [0.15, 0.2) is 36.4 Å². The van der Waals surface area contributed by atoms with Crippen LogP contribution in [0.1, 0.15) is 18.2 Å². The summed E-state index contributed by atoms with van der Waals surface area (Å²) in [5, 5.41) is 9.46. The van der Waals surface area contributed by atoms with Crippen molar-refractivity contribution in [3.63, 3.8) is 0 Å². The molecule has 0 radical (unpaired) electrons. The number of hydrogen-bond donors (Lipinski definition) is 2. The number of aryl methyl sites for hydroxylation is 2. The Morgan fingerprint density at radius 1 is 1.28 bits per heavy atom. The predicted molar refractivity (Wildman–Crippen MR) is 90.6 cm³/mol. The highest BCUT2D eigenvalue weighted by atomic mass is 16.2. The highest BCUT2D eigenvalue weighted by Gasteiger charge is 2.49. The minimum absolute atomic E-state index is 0.364. The average Bonchev–Trinajstić information content (AvgIpc) is 2.99. The number of amides is 4. The molecule has 1 saturated heterocycles. The highest BCUT2D eigenvalue weighted by molar-refractivity contribution is 6.10. The topological polar surface area (TPSA) is 96.3 Å². The Kier molecular flexibility index (Phi) is 4.03. The van der Waals surface area contributed by atoms with Crippen LogP contribution in [0.2, 0.25) is 0 Å². The van der Waals surface area contributed by atoms with E-state index in [-0.39, 0.29) is 6.54 Å². The molecule has 0 spiro atoms. The van der Waals surface area contributed by atoms with Crippen molar-refractivity contribution in [2.24, 2.45) is 7.05 Å². The third-order valence-corrected chi connectivity index (χ3v) is 4.20. The maximum absolute atomic E-state index is 12.7. The van der Waals surface area contributed by atoms with Crippen molar-refractivity contribution in [2.45, 2.75) is 19.4 Å². The number of aromatic nitrogens is 2. The van der Waals surface area contributed by atoms with Gasteiger partial charge in [-0.2, -0.15) is 5.10 Å². The number of imide groups is 1. The number of nitrogens with one attached hydrogen (secondary N) is 2. The second-order valence-corrected chi connectivity index (χ2v) is 6.16. The largest absolute Gasteiger partial charge is 0.325 e. The fourth-order valence-corrected chi connectivity index (χ4v) is 2.86. The van der Waals surface area contributed by atoms with Gasteiger partial charge in [-0.15, -0.1) is 0 Å². The number of anilines is 1. The summed E-state index contributed by atoms with van der Waals surface area (Å²) in [6.07, 6.45) is 0. The van der Waals surface area contributed by atoms with Crippen molar-refractivity contribution in [3.05, 3.63) is 47.7 Å². The van der Waals surface area contributed by atoms with E-state index in [9.17, 15) is 14.4 Å². The van der Waals surface area contributed by atoms with E-state index in [0.717, 1.165) is 10.6 Å². The fraction of sp³-hybridized carbons (Fsp3) is 0.294. The van der Waals surface area contributed by atoms with E-state index >= 15 is 0 Å². The highest BCUT2D eigenvalue weighted by Crippen LogP contribution is 2.28. The smallest absolute Gasteiger partial charge is 0.319 e. The Labute approximate surface area is 144 Å². The molecule has 2 heterocycles. The second-order valence-electron chi connectivity index (χ2n) is 6.16. The number of carbonyl (C=O) groups is 3. The minimum atomic E-state index is -1.18. The van der Waals surface area contributed by atoms with Crippen LogP contribution in [-0.2, 0) is 22.2 Å². The Bertz CT molecular complexity index is 845. The van der Waals surface area contributed by atoms with Gasteiger partial charge in [-0.25, -0.2) is 4.79 Å². The van der Waals surface area contributed by atoms with E-state index in [0.29, 0.717) is 11.4 Å². The molecular formula is C17H19N5O3. The number of carbonyl (C=O) groups excluding carboxylic acids is 3. The van der Waals surface area contributed by atoms with Crippen molar-refractivity contribution in [2.75, 3.05) is 11.9 Å². The molecule has 130 valence electrons. The van der Waals surface area contributed by atoms with E-state index < -0.39 is 23.4 Å². The first-order valence-electron chi connectivity index (χ1n) is 7.81. The van der Waals surface area contributed by atoms with Crippen LogP contribution in [0.3, 0.4) is 0 Å². The summed E-state index contributed by atoms with van der Waals surface area (Å²) >= 11 is 0. The summed E-state index contributed by atoms with van der Waals surface area (Å²) in [5.41, 5.74) is 0.241. The summed E-state index contributed by atoms with van der Waals surface area (Å²) in [6, 6.07) is 10.1. The first kappa shape index (κ1) is 16.7. The van der Waals surface area contributed by atoms with E-state index in [4.69, 9.17) is 0 Å². The van der Waals surface area contributed by atoms with Crippen LogP contribution in [0.4, 0.5) is 10.6 Å². The zero-order chi connectivity index (χ0) is 18.2. The van der Waals surface area contributed by atoms with E-state index in [2.05, 4.69) is 15.7 Å². The second kappa shape index (κ2) is 6.04. The normalized spacial score (nSPS) is 19.9. The van der Waals surface area contributed by atoms with Crippen LogP contribution < -0.4 is 10.6 Å². The molecule has 1 aromatic heterocycles. The molecule has 1 aromatic carbocycles. The molecule has 0 bridgehead atoms. The van der Waals surface area contributed by atoms with Crippen molar-refractivity contribution < 1.29 is 14.4 Å². The molecule has 0 aliphatic carbocycles. The van der Waals surface area contributed by atoms with Crippen molar-refractivity contribution >= 4 is 23.7 Å². The molecule has 1 aliphatic rings. The summed E-state index contributed by atoms with van der Waals surface area (Å²) in [6.45, 7) is 3.07. The fourth-order valence-electron chi connectivity index (χ4n) is 2.86. The third kappa shape index (κ3) is 2.98. The lowest BCUT2D eigenvalue weighted by molar-refractivity contribution is -0.133. The monoisotopic (exact) mass is 341 g/mol. The molecular weight excluding hydrogens is 322 g/mol. The van der Waals surface area contributed by atoms with Gasteiger partial charge in [0.15, 0.2) is 0 Å². The Morgan fingerprint density at radius 3 is 2.56 bits per heavy atom. The van der Waals surface area contributed by atoms with Crippen LogP contribution in [0, 0.1) is 6.92 Å². The Morgan fingerprint density at radius 2 is 1.96 bits per heavy atom. The van der Waals surface area contributed by atoms with Crippen LogP contribution >= 0.6 is 0 Å². The summed E-state index contributed by atoms with van der Waals surface area (Å²) in [4.78, 5) is 38.1. The number of urea groups is 1. The minimum Gasteiger partial charge on any atom is -0.319 e. The molecule has 1 fully saturated rings. The number of hydrogen-bond acceptors (Lipinski definition) is 4. The Balaban J connectivity index is 1.75. The van der Waals surface area contributed by atoms with Crippen LogP contribution in [-0.4, -0.2) is 39.1 Å². The molecule has 0 saturated carbocycles. The molecule has 2 N–H and O–H groups in total. The van der Waals surface area contributed by atoms with E-state index in [1.165, 1.54) is 4.68 Å². The Hall–Kier alpha value is -3.16. The number of nitrogens with zero attached hydrogens (tertiary/aromatic N) is 3. The standard InChI is InChI=1S/C17H19N5O3/c1-11-9-13(21(3)20-11)18-14(23)10-22-15(24)17(2,19-16(22)25)12-7-5-4-6-8-12/h4-9H,10H2,1-3H3,(H,18,23)(H,19,25). The molecule has 8 heteroatoms. The van der Waals surface area contributed by atoms with Gasteiger partial charge in [-0.1, -0.05) is 30.3 Å². The maximum Gasteiger partial charge on any atom is 0.325 e. The zero-order valence-corrected chi connectivity index (χ0v) is 14.2. The van der Waals surface area contributed by atoms with Gasteiger partial charge in [0.25, 0.3) is 5.91 Å². The molecule has 4 amide bonds. The molecule has 8 nitrogen and oxygen atoms in total. The summed E-state index contributed by atoms with van der Waals surface area (Å²) in [7, 11) is 1.70. The van der Waals surface area contributed by atoms with Gasteiger partial charge in [0.1, 0.15) is 17.9 Å². The molecule has 1 aliphatic heterocycles. The van der Waals surface area contributed by atoms with Crippen molar-refractivity contribution in [3.8, 4) is 0 Å². The van der Waals surface area contributed by atoms with Crippen molar-refractivity contribution in [1.29, 1.82) is 0 Å². The maximum atomic E-state index is 12.7. The lowest BCUT2D eigenvalue weighted by Gasteiger charge is -2.22. The molecule has 1 atom stereocenters. The summed E-state index contributed by atoms with van der Waals surface area (Å²) in [5.74, 6) is -0.427. The predicted octanol–water partition coefficient (Wildman–Crippen LogP) is 1.13. The molecule has 3 rings (SSSR count). The number of benzene rings is 1. The summed E-state index contributed by atoms with van der Waals surface area (Å²) < 4.78 is 1.52. The van der Waals surface area contributed by atoms with E-state index in [1.807, 2.05) is 6.07 Å². The van der Waals surface area contributed by atoms with Crippen LogP contribution in [0.25, 0.3) is 0 Å². The van der Waals surface area contributed by atoms with Gasteiger partial charge >= 0.3 is 6.03 Å². The molecule has 1 unspecified atom stereocenters. The van der Waals surface area contributed by atoms with Gasteiger partial charge in [0.2, 0.25) is 5.91 Å². The van der Waals surface area contributed by atoms with Crippen molar-refractivity contribution in [1.82, 2.24) is 20.0 Å². The SMILES string of the molecule is Cc1cc(NC(=O)CN2C(=O)NC(C)(c3ccccc3)C2=O)n(C)n1. The van der Waals surface area contributed by atoms with Gasteiger partial charge in [-0.3, -0.25) is 19.2 Å². The van der Waals surface area contributed by atoms with Gasteiger partial charge in [0.05, 0.1) is 5.69 Å². The zero-order valence-electron chi connectivity index (χ0n) is 14.2. The van der Waals surface area contributed by atoms with Gasteiger partial charge < -0.3 is 10.6 Å². The average molecular weight is 341 g/mol. The van der Waals surface area contributed by atoms with Gasteiger partial charge in [0, 0.05) is 13.1 Å². The molecule has 25 heavy (non-hydrogen) atoms. The lowest BCUT2D eigenvalue weighted by Crippen LogP contribution is -2.42. The third-order valence-electron chi connectivity index (χ3n) is 4.20. The first-order valence-corrected chi connectivity index (χ1v) is 7.81. The quantitative estimate of drug-likeness (QED) is 0.815. The number of rotatable bonds is 4.